The number of rotatable bonds is 53. The van der Waals surface area contributed by atoms with E-state index in [0.717, 1.165) is 173 Å². The minimum Gasteiger partial charge on any atom is -0.462 e. The molecule has 0 bridgehead atoms. The van der Waals surface area contributed by atoms with Crippen molar-refractivity contribution in [2.75, 3.05) is 13.2 Å². The predicted molar refractivity (Wildman–Crippen MR) is 325 cm³/mol. The zero-order valence-corrected chi connectivity index (χ0v) is 48.3. The van der Waals surface area contributed by atoms with Gasteiger partial charge in [0.25, 0.3) is 0 Å². The highest BCUT2D eigenvalue weighted by molar-refractivity contribution is 5.71. The van der Waals surface area contributed by atoms with E-state index >= 15 is 0 Å². The molecule has 0 rings (SSSR count). The summed E-state index contributed by atoms with van der Waals surface area (Å²) in [5.74, 6) is -0.942. The fraction of sp³-hybridized carbons (Fsp3) is 0.609. The van der Waals surface area contributed by atoms with Gasteiger partial charge in [-0.1, -0.05) is 256 Å². The molecule has 0 aromatic carbocycles. The van der Waals surface area contributed by atoms with Gasteiger partial charge in [-0.25, -0.2) is 0 Å². The monoisotopic (exact) mass is 1030 g/mol. The number of unbranched alkanes of at least 4 members (excludes halogenated alkanes) is 18. The summed E-state index contributed by atoms with van der Waals surface area (Å²) < 4.78 is 16.8. The zero-order chi connectivity index (χ0) is 54.3. The summed E-state index contributed by atoms with van der Waals surface area (Å²) in [7, 11) is 0. The Morgan fingerprint density at radius 2 is 0.520 bits per heavy atom. The molecule has 0 N–H and O–H groups in total. The van der Waals surface area contributed by atoms with Crippen molar-refractivity contribution in [3.05, 3.63) is 146 Å². The maximum Gasteiger partial charge on any atom is 0.306 e. The molecule has 0 amide bonds. The molecule has 0 saturated heterocycles. The van der Waals surface area contributed by atoms with Gasteiger partial charge < -0.3 is 14.2 Å². The number of ether oxygens (including phenoxy) is 3. The van der Waals surface area contributed by atoms with E-state index < -0.39 is 6.10 Å². The Labute approximate surface area is 461 Å². The van der Waals surface area contributed by atoms with Crippen molar-refractivity contribution in [3.8, 4) is 0 Å². The molecule has 0 aromatic rings. The van der Waals surface area contributed by atoms with Crippen molar-refractivity contribution in [3.63, 3.8) is 0 Å². The Bertz CT molecular complexity index is 1660. The van der Waals surface area contributed by atoms with E-state index in [-0.39, 0.29) is 31.1 Å². The molecule has 1 atom stereocenters. The summed E-state index contributed by atoms with van der Waals surface area (Å²) in [6.07, 6.45) is 88.5. The van der Waals surface area contributed by atoms with Crippen LogP contribution in [0.3, 0.4) is 0 Å². The van der Waals surface area contributed by atoms with Crippen LogP contribution in [0.4, 0.5) is 0 Å². The van der Waals surface area contributed by atoms with Crippen LogP contribution in [0, 0.1) is 0 Å². The van der Waals surface area contributed by atoms with Crippen molar-refractivity contribution >= 4 is 17.9 Å². The molecular weight excluding hydrogens is 925 g/mol. The van der Waals surface area contributed by atoms with E-state index in [4.69, 9.17) is 14.2 Å². The van der Waals surface area contributed by atoms with Gasteiger partial charge in [-0.15, -0.1) is 0 Å². The summed E-state index contributed by atoms with van der Waals surface area (Å²) in [6.45, 7) is 6.35. The van der Waals surface area contributed by atoms with Gasteiger partial charge in [-0.3, -0.25) is 14.4 Å². The maximum atomic E-state index is 12.9. The maximum absolute atomic E-state index is 12.9. The Kier molecular flexibility index (Phi) is 58.0. The molecule has 422 valence electrons. The third-order valence-electron chi connectivity index (χ3n) is 12.3. The topological polar surface area (TPSA) is 78.9 Å². The summed E-state index contributed by atoms with van der Waals surface area (Å²) in [6, 6.07) is 0. The molecule has 75 heavy (non-hydrogen) atoms. The second kappa shape index (κ2) is 61.8. The number of carbonyl (C=O) groups excluding carboxylic acids is 3. The smallest absolute Gasteiger partial charge is 0.306 e. The average Bonchev–Trinajstić information content (AvgIpc) is 3.41. The van der Waals surface area contributed by atoms with Crippen LogP contribution in [-0.2, 0) is 28.6 Å². The van der Waals surface area contributed by atoms with Crippen molar-refractivity contribution < 1.29 is 28.6 Å². The van der Waals surface area contributed by atoms with E-state index in [9.17, 15) is 14.4 Å². The first kappa shape index (κ1) is 70.3. The van der Waals surface area contributed by atoms with Gasteiger partial charge in [0.15, 0.2) is 6.10 Å². The first-order valence-electron chi connectivity index (χ1n) is 30.3. The molecule has 0 radical (unpaired) electrons. The summed E-state index contributed by atoms with van der Waals surface area (Å²) in [5, 5.41) is 0. The molecule has 0 aliphatic rings. The fourth-order valence-corrected chi connectivity index (χ4v) is 7.86. The molecule has 0 aliphatic carbocycles. The minimum atomic E-state index is -0.801. The third kappa shape index (κ3) is 60.0. The number of esters is 3. The predicted octanol–water partition coefficient (Wildman–Crippen LogP) is 20.8. The van der Waals surface area contributed by atoms with Crippen molar-refractivity contribution in [2.24, 2.45) is 0 Å². The minimum absolute atomic E-state index is 0.0963. The molecular formula is C69H110O6. The van der Waals surface area contributed by atoms with Gasteiger partial charge in [-0.05, 0) is 122 Å². The Hall–Kier alpha value is -4.71. The van der Waals surface area contributed by atoms with Gasteiger partial charge in [0.2, 0.25) is 0 Å². The lowest BCUT2D eigenvalue weighted by Gasteiger charge is -2.18. The third-order valence-corrected chi connectivity index (χ3v) is 12.3. The second-order valence-corrected chi connectivity index (χ2v) is 19.5. The Morgan fingerprint density at radius 1 is 0.280 bits per heavy atom. The molecule has 0 spiro atoms. The quantitative estimate of drug-likeness (QED) is 0.0261. The molecule has 0 fully saturated rings. The highest BCUT2D eigenvalue weighted by Gasteiger charge is 2.19. The van der Waals surface area contributed by atoms with Crippen LogP contribution >= 0.6 is 0 Å². The van der Waals surface area contributed by atoms with Gasteiger partial charge >= 0.3 is 17.9 Å². The summed E-state index contributed by atoms with van der Waals surface area (Å²) in [4.78, 5) is 38.1. The van der Waals surface area contributed by atoms with Crippen LogP contribution in [-0.4, -0.2) is 37.2 Å². The second-order valence-electron chi connectivity index (χ2n) is 19.5. The van der Waals surface area contributed by atoms with Crippen molar-refractivity contribution in [2.45, 2.75) is 258 Å². The van der Waals surface area contributed by atoms with Crippen molar-refractivity contribution in [1.29, 1.82) is 0 Å². The summed E-state index contributed by atoms with van der Waals surface area (Å²) >= 11 is 0. The Morgan fingerprint density at radius 3 is 0.813 bits per heavy atom. The van der Waals surface area contributed by atoms with Crippen LogP contribution in [0.15, 0.2) is 146 Å². The average molecular weight is 1040 g/mol. The zero-order valence-electron chi connectivity index (χ0n) is 48.3. The van der Waals surface area contributed by atoms with Crippen LogP contribution in [0.25, 0.3) is 0 Å². The summed E-state index contributed by atoms with van der Waals surface area (Å²) in [5.41, 5.74) is 0. The number of hydrogen-bond donors (Lipinski definition) is 0. The first-order valence-corrected chi connectivity index (χ1v) is 30.3. The lowest BCUT2D eigenvalue weighted by atomic mass is 10.1. The van der Waals surface area contributed by atoms with Crippen LogP contribution in [0.5, 0.6) is 0 Å². The van der Waals surface area contributed by atoms with Crippen LogP contribution < -0.4 is 0 Å². The first-order chi connectivity index (χ1) is 37.0. The molecule has 1 unspecified atom stereocenters. The largest absolute Gasteiger partial charge is 0.462 e. The lowest BCUT2D eigenvalue weighted by Crippen LogP contribution is -2.30. The van der Waals surface area contributed by atoms with E-state index in [2.05, 4.69) is 167 Å². The van der Waals surface area contributed by atoms with Gasteiger partial charge in [-0.2, -0.15) is 0 Å². The molecule has 0 aliphatic heterocycles. The van der Waals surface area contributed by atoms with E-state index in [0.29, 0.717) is 19.3 Å². The van der Waals surface area contributed by atoms with Gasteiger partial charge in [0.1, 0.15) is 13.2 Å². The van der Waals surface area contributed by atoms with E-state index in [1.54, 1.807) is 0 Å². The SMILES string of the molecule is CC/C=C\C/C=C\C/C=C\C/C=C\C/C=C\C/C=C\C/C=C\CCCCCCCC(=O)OCC(COC(=O)CCCCCCCCCCC)OC(=O)CCCCCCC/C=C\C/C=C\C/C=C\C/C=C\C/C=C\CC. The standard InChI is InChI=1S/C69H110O6/c1-4-7-10-13-16-19-21-23-25-27-29-31-32-33-34-35-36-38-39-41-43-45-47-50-53-56-59-62-68(71)74-65-66(64-73-67(70)61-58-55-52-49-18-15-12-9-6-3)75-69(72)63-60-57-54-51-48-46-44-42-40-37-30-28-26-24-22-20-17-14-11-8-5-2/h7-8,10-11,16-17,19-20,23-26,29-31,33-34,36-38,41-44,66H,4-6,9,12-15,18,21-22,27-28,32,35,39-40,45-65H2,1-3H3/b10-7-,11-8-,19-16-,20-17-,25-23-,26-24-,31-29-,34-33-,37-30-,38-36-,43-41-,44-42-. The van der Waals surface area contributed by atoms with Gasteiger partial charge in [0.05, 0.1) is 0 Å². The van der Waals surface area contributed by atoms with E-state index in [1.807, 2.05) is 0 Å². The molecule has 6 heteroatoms. The molecule has 0 aromatic heterocycles. The van der Waals surface area contributed by atoms with Crippen molar-refractivity contribution in [1.82, 2.24) is 0 Å². The lowest BCUT2D eigenvalue weighted by molar-refractivity contribution is -0.167. The molecule has 6 nitrogen and oxygen atoms in total. The number of hydrogen-bond acceptors (Lipinski definition) is 6. The molecule has 0 heterocycles. The van der Waals surface area contributed by atoms with Gasteiger partial charge in [0, 0.05) is 19.3 Å². The number of allylic oxidation sites excluding steroid dienone is 24. The molecule has 0 saturated carbocycles. The van der Waals surface area contributed by atoms with E-state index in [1.165, 1.54) is 38.5 Å². The van der Waals surface area contributed by atoms with Crippen LogP contribution in [0.2, 0.25) is 0 Å². The fourth-order valence-electron chi connectivity index (χ4n) is 7.86. The normalized spacial score (nSPS) is 13.2. The highest BCUT2D eigenvalue weighted by Crippen LogP contribution is 2.14. The number of carbonyl (C=O) groups is 3. The van der Waals surface area contributed by atoms with Crippen LogP contribution in [0.1, 0.15) is 252 Å². The Balaban J connectivity index is 4.36. The highest BCUT2D eigenvalue weighted by atomic mass is 16.6.